The van der Waals surface area contributed by atoms with E-state index in [0.717, 1.165) is 38.4 Å². The lowest BCUT2D eigenvalue weighted by molar-refractivity contribution is 0.228. The number of benzene rings is 1. The molecule has 0 aliphatic carbocycles. The average molecular weight is 273 g/mol. The van der Waals surface area contributed by atoms with Gasteiger partial charge in [0.25, 0.3) is 0 Å². The first kappa shape index (κ1) is 13.1. The van der Waals surface area contributed by atoms with Crippen LogP contribution in [0.5, 0.6) is 0 Å². The zero-order valence-electron chi connectivity index (χ0n) is 11.4. The first-order chi connectivity index (χ1) is 9.84. The van der Waals surface area contributed by atoms with E-state index in [2.05, 4.69) is 15.3 Å². The quantitative estimate of drug-likeness (QED) is 0.848. The van der Waals surface area contributed by atoms with Crippen molar-refractivity contribution in [2.45, 2.75) is 6.54 Å². The fourth-order valence-corrected chi connectivity index (χ4v) is 2.43. The van der Waals surface area contributed by atoms with E-state index >= 15 is 0 Å². The summed E-state index contributed by atoms with van der Waals surface area (Å²) >= 11 is 0. The minimum absolute atomic E-state index is 0.0775. The van der Waals surface area contributed by atoms with Crippen LogP contribution in [0.4, 0.5) is 0 Å². The fraction of sp³-hybridized carbons (Fsp3) is 0.429. The molecule has 3 rings (SSSR count). The first-order valence-electron chi connectivity index (χ1n) is 6.97. The molecule has 2 aromatic rings. The van der Waals surface area contributed by atoms with E-state index in [9.17, 15) is 4.79 Å². The molecule has 0 unspecified atom stereocenters. The van der Waals surface area contributed by atoms with Crippen molar-refractivity contribution in [3.05, 3.63) is 47.1 Å². The molecule has 0 atom stereocenters. The molecular formula is C14H19N5O. The Kier molecular flexibility index (Phi) is 3.94. The standard InChI is InChI=1S/C14H19N5O/c20-14-18(13-4-2-1-3-5-13)12-16-19(14)11-10-17-8-6-15-7-9-17/h1-5,12,15H,6-11H2. The number of piperazine rings is 1. The highest BCUT2D eigenvalue weighted by Crippen LogP contribution is 2.02. The van der Waals surface area contributed by atoms with E-state index in [1.807, 2.05) is 30.3 Å². The molecule has 2 heterocycles. The molecule has 6 heteroatoms. The molecule has 0 radical (unpaired) electrons. The van der Waals surface area contributed by atoms with Gasteiger partial charge in [-0.2, -0.15) is 5.10 Å². The summed E-state index contributed by atoms with van der Waals surface area (Å²) in [5.41, 5.74) is 0.775. The molecule has 1 saturated heterocycles. The number of aromatic nitrogens is 3. The van der Waals surface area contributed by atoms with Gasteiger partial charge in [0.05, 0.1) is 12.2 Å². The summed E-state index contributed by atoms with van der Waals surface area (Å²) < 4.78 is 3.12. The molecule has 1 fully saturated rings. The number of nitrogens with one attached hydrogen (secondary N) is 1. The van der Waals surface area contributed by atoms with Crippen molar-refractivity contribution < 1.29 is 0 Å². The molecule has 106 valence electrons. The van der Waals surface area contributed by atoms with Gasteiger partial charge in [-0.1, -0.05) is 18.2 Å². The van der Waals surface area contributed by atoms with Crippen LogP contribution in [-0.4, -0.2) is 52.0 Å². The maximum atomic E-state index is 12.3. The Morgan fingerprint density at radius 2 is 1.85 bits per heavy atom. The van der Waals surface area contributed by atoms with E-state index < -0.39 is 0 Å². The van der Waals surface area contributed by atoms with Crippen LogP contribution in [0.1, 0.15) is 0 Å². The molecule has 0 spiro atoms. The second kappa shape index (κ2) is 6.02. The van der Waals surface area contributed by atoms with Gasteiger partial charge in [-0.15, -0.1) is 0 Å². The summed E-state index contributed by atoms with van der Waals surface area (Å²) in [6.45, 7) is 5.62. The predicted molar refractivity (Wildman–Crippen MR) is 77.1 cm³/mol. The van der Waals surface area contributed by atoms with Crippen molar-refractivity contribution in [1.29, 1.82) is 0 Å². The molecule has 0 saturated carbocycles. The smallest absolute Gasteiger partial charge is 0.314 e. The third kappa shape index (κ3) is 2.81. The highest BCUT2D eigenvalue weighted by molar-refractivity contribution is 5.30. The van der Waals surface area contributed by atoms with Crippen molar-refractivity contribution in [3.63, 3.8) is 0 Å². The highest BCUT2D eigenvalue weighted by Gasteiger charge is 2.11. The SMILES string of the molecule is O=c1n(-c2ccccc2)cnn1CCN1CCNCC1. The van der Waals surface area contributed by atoms with Crippen molar-refractivity contribution in [2.75, 3.05) is 32.7 Å². The molecule has 0 amide bonds. The Balaban J connectivity index is 1.69. The maximum absolute atomic E-state index is 12.3. The Morgan fingerprint density at radius 3 is 2.60 bits per heavy atom. The zero-order valence-corrected chi connectivity index (χ0v) is 11.4. The summed E-state index contributed by atoms with van der Waals surface area (Å²) in [6.07, 6.45) is 1.59. The fourth-order valence-electron chi connectivity index (χ4n) is 2.43. The minimum atomic E-state index is -0.0775. The Hall–Kier alpha value is -1.92. The lowest BCUT2D eigenvalue weighted by atomic mass is 10.3. The van der Waals surface area contributed by atoms with Crippen LogP contribution >= 0.6 is 0 Å². The monoisotopic (exact) mass is 273 g/mol. The van der Waals surface area contributed by atoms with Crippen molar-refractivity contribution in [2.24, 2.45) is 0 Å². The number of hydrogen-bond donors (Lipinski definition) is 1. The van der Waals surface area contributed by atoms with Crippen LogP contribution in [0.3, 0.4) is 0 Å². The van der Waals surface area contributed by atoms with Gasteiger partial charge in [0.15, 0.2) is 0 Å². The van der Waals surface area contributed by atoms with Gasteiger partial charge in [0.2, 0.25) is 0 Å². The first-order valence-corrected chi connectivity index (χ1v) is 6.97. The van der Waals surface area contributed by atoms with Crippen molar-refractivity contribution in [3.8, 4) is 5.69 Å². The van der Waals surface area contributed by atoms with E-state index in [-0.39, 0.29) is 5.69 Å². The van der Waals surface area contributed by atoms with Gasteiger partial charge in [0, 0.05) is 32.7 Å². The van der Waals surface area contributed by atoms with Gasteiger partial charge >= 0.3 is 5.69 Å². The van der Waals surface area contributed by atoms with Gasteiger partial charge in [-0.3, -0.25) is 4.90 Å². The van der Waals surface area contributed by atoms with Crippen LogP contribution in [0.25, 0.3) is 5.69 Å². The summed E-state index contributed by atoms with van der Waals surface area (Å²) in [4.78, 5) is 14.6. The Labute approximate surface area is 117 Å². The van der Waals surface area contributed by atoms with Crippen molar-refractivity contribution in [1.82, 2.24) is 24.6 Å². The van der Waals surface area contributed by atoms with Gasteiger partial charge in [-0.05, 0) is 12.1 Å². The van der Waals surface area contributed by atoms with E-state index in [0.29, 0.717) is 6.54 Å². The van der Waals surface area contributed by atoms with Crippen LogP contribution in [-0.2, 0) is 6.54 Å². The topological polar surface area (TPSA) is 55.1 Å². The van der Waals surface area contributed by atoms with E-state index in [1.165, 1.54) is 4.68 Å². The third-order valence-electron chi connectivity index (χ3n) is 3.61. The number of hydrogen-bond acceptors (Lipinski definition) is 4. The van der Waals surface area contributed by atoms with Gasteiger partial charge in [0.1, 0.15) is 6.33 Å². The van der Waals surface area contributed by atoms with Crippen LogP contribution in [0.2, 0.25) is 0 Å². The molecule has 1 aliphatic heterocycles. The Morgan fingerprint density at radius 1 is 1.10 bits per heavy atom. The number of nitrogens with zero attached hydrogens (tertiary/aromatic N) is 4. The Bertz CT molecular complexity index is 598. The predicted octanol–water partition coefficient (Wildman–Crippen LogP) is -0.0608. The average Bonchev–Trinajstić information content (AvgIpc) is 2.88. The lowest BCUT2D eigenvalue weighted by Crippen LogP contribution is -2.45. The normalized spacial score (nSPS) is 16.4. The van der Waals surface area contributed by atoms with Crippen LogP contribution < -0.4 is 11.0 Å². The van der Waals surface area contributed by atoms with E-state index in [1.54, 1.807) is 10.9 Å². The summed E-state index contributed by atoms with van der Waals surface area (Å²) in [6, 6.07) is 9.58. The molecule has 0 bridgehead atoms. The molecule has 1 aromatic heterocycles. The van der Waals surface area contributed by atoms with Gasteiger partial charge in [-0.25, -0.2) is 14.0 Å². The maximum Gasteiger partial charge on any atom is 0.350 e. The minimum Gasteiger partial charge on any atom is -0.314 e. The van der Waals surface area contributed by atoms with Gasteiger partial charge < -0.3 is 5.32 Å². The molecule has 6 nitrogen and oxygen atoms in total. The van der Waals surface area contributed by atoms with Crippen molar-refractivity contribution >= 4 is 0 Å². The summed E-state index contributed by atoms with van der Waals surface area (Å²) in [5.74, 6) is 0. The second-order valence-corrected chi connectivity index (χ2v) is 4.93. The molecule has 20 heavy (non-hydrogen) atoms. The summed E-state index contributed by atoms with van der Waals surface area (Å²) in [5, 5.41) is 7.52. The number of rotatable bonds is 4. The number of para-hydroxylation sites is 1. The van der Waals surface area contributed by atoms with Crippen LogP contribution in [0.15, 0.2) is 41.5 Å². The highest BCUT2D eigenvalue weighted by atomic mass is 16.2. The second-order valence-electron chi connectivity index (χ2n) is 4.93. The molecular weight excluding hydrogens is 254 g/mol. The largest absolute Gasteiger partial charge is 0.350 e. The third-order valence-corrected chi connectivity index (χ3v) is 3.61. The molecule has 1 N–H and O–H groups in total. The molecule has 1 aromatic carbocycles. The lowest BCUT2D eigenvalue weighted by Gasteiger charge is -2.26. The summed E-state index contributed by atoms with van der Waals surface area (Å²) in [7, 11) is 0. The zero-order chi connectivity index (χ0) is 13.8. The van der Waals surface area contributed by atoms with E-state index in [4.69, 9.17) is 0 Å². The molecule has 1 aliphatic rings. The van der Waals surface area contributed by atoms with Crippen LogP contribution in [0, 0.1) is 0 Å².